The lowest BCUT2D eigenvalue weighted by molar-refractivity contribution is -0.208. The Balaban J connectivity index is 1.60. The Morgan fingerprint density at radius 2 is 1.74 bits per heavy atom. The van der Waals surface area contributed by atoms with Crippen molar-refractivity contribution < 1.29 is 49.8 Å². The van der Waals surface area contributed by atoms with Gasteiger partial charge < -0.3 is 20.6 Å². The maximum Gasteiger partial charge on any atom is 0.433 e. The summed E-state index contributed by atoms with van der Waals surface area (Å²) in [4.78, 5) is 29.4. The van der Waals surface area contributed by atoms with E-state index in [4.69, 9.17) is 23.2 Å². The first-order valence-corrected chi connectivity index (χ1v) is 13.0. The monoisotopic (exact) mass is 662 g/mol. The van der Waals surface area contributed by atoms with Crippen LogP contribution in [-0.2, 0) is 17.5 Å². The van der Waals surface area contributed by atoms with Crippen molar-refractivity contribution in [2.45, 2.75) is 49.9 Å². The van der Waals surface area contributed by atoms with E-state index in [0.717, 1.165) is 6.20 Å². The number of halogens is 10. The molecule has 0 spiro atoms. The van der Waals surface area contributed by atoms with Crippen LogP contribution < -0.4 is 10.6 Å². The number of nitrogens with one attached hydrogen (secondary N) is 2. The number of hydrogen-bond donors (Lipinski definition) is 3. The molecule has 1 saturated heterocycles. The predicted molar refractivity (Wildman–Crippen MR) is 137 cm³/mol. The number of aromatic nitrogens is 3. The van der Waals surface area contributed by atoms with Crippen LogP contribution in [0.2, 0.25) is 10.2 Å². The number of benzene rings is 1. The quantitative estimate of drug-likeness (QED) is 0.315. The number of aliphatic hydroxyl groups excluding tert-OH is 1. The summed E-state index contributed by atoms with van der Waals surface area (Å²) >= 11 is 11.9. The minimum Gasteiger partial charge on any atom is -0.382 e. The maximum absolute atomic E-state index is 13.6. The number of alkyl halides is 8. The number of carbonyl (C=O) groups is 2. The first-order chi connectivity index (χ1) is 19.9. The van der Waals surface area contributed by atoms with Gasteiger partial charge in [0.1, 0.15) is 5.69 Å². The van der Waals surface area contributed by atoms with Crippen LogP contribution in [0.4, 0.5) is 40.8 Å². The van der Waals surface area contributed by atoms with Crippen LogP contribution in [0, 0.1) is 0 Å². The molecule has 43 heavy (non-hydrogen) atoms. The van der Waals surface area contributed by atoms with Crippen LogP contribution in [0.1, 0.15) is 22.5 Å². The molecule has 2 amide bonds. The van der Waals surface area contributed by atoms with Crippen molar-refractivity contribution in [3.8, 4) is 0 Å². The van der Waals surface area contributed by atoms with Crippen LogP contribution in [0.25, 0.3) is 10.9 Å². The molecule has 1 aromatic carbocycles. The first-order valence-electron chi connectivity index (χ1n) is 12.2. The number of anilines is 1. The van der Waals surface area contributed by atoms with E-state index >= 15 is 0 Å². The zero-order chi connectivity index (χ0) is 31.9. The number of pyridine rings is 1. The second-order valence-electron chi connectivity index (χ2n) is 9.62. The second-order valence-corrected chi connectivity index (χ2v) is 10.4. The fourth-order valence-corrected chi connectivity index (χ4v) is 4.90. The summed E-state index contributed by atoms with van der Waals surface area (Å²) in [6.45, 7) is -1.88. The van der Waals surface area contributed by atoms with E-state index < -0.39 is 78.3 Å². The standard InChI is InChI=1S/C24H20Cl2F8N6O3/c25-10-1-2-15-13(3-10)16(5-17(37-15)23(29,30)31)35-11-4-12(7-39(6-11)22(43)20(27)28)36-21(42)14-8-40(38-19(14)26)9-18(41)24(32,33)34/h1-3,5,8,11-12,18,20,41H,4,6-7,9H2,(H,35,37)(H,36,42)/t11-,12+,18-/m1/s1. The van der Waals surface area contributed by atoms with E-state index in [1.54, 1.807) is 0 Å². The number of likely N-dealkylation sites (tertiary alicyclic amines) is 1. The van der Waals surface area contributed by atoms with Gasteiger partial charge in [0.15, 0.2) is 11.3 Å². The fourth-order valence-electron chi connectivity index (χ4n) is 4.50. The van der Waals surface area contributed by atoms with Gasteiger partial charge in [0.25, 0.3) is 11.8 Å². The van der Waals surface area contributed by atoms with Crippen molar-refractivity contribution in [1.29, 1.82) is 0 Å². The molecule has 3 aromatic rings. The Morgan fingerprint density at radius 3 is 2.37 bits per heavy atom. The highest BCUT2D eigenvalue weighted by Crippen LogP contribution is 2.35. The molecule has 0 saturated carbocycles. The third-order valence-electron chi connectivity index (χ3n) is 6.40. The smallest absolute Gasteiger partial charge is 0.382 e. The molecule has 1 aliphatic heterocycles. The lowest BCUT2D eigenvalue weighted by Gasteiger charge is -2.38. The zero-order valence-corrected chi connectivity index (χ0v) is 22.9. The number of piperidine rings is 1. The highest BCUT2D eigenvalue weighted by atomic mass is 35.5. The predicted octanol–water partition coefficient (Wildman–Crippen LogP) is 4.76. The van der Waals surface area contributed by atoms with Gasteiger partial charge in [-0.1, -0.05) is 23.2 Å². The van der Waals surface area contributed by atoms with Gasteiger partial charge in [-0.05, 0) is 30.7 Å². The lowest BCUT2D eigenvalue weighted by atomic mass is 9.99. The van der Waals surface area contributed by atoms with E-state index in [9.17, 15) is 49.8 Å². The molecular formula is C24H20Cl2F8N6O3. The summed E-state index contributed by atoms with van der Waals surface area (Å²) in [5.74, 6) is -2.59. The van der Waals surface area contributed by atoms with E-state index in [-0.39, 0.29) is 34.6 Å². The Bertz CT molecular complexity index is 1520. The van der Waals surface area contributed by atoms with Gasteiger partial charge in [-0.3, -0.25) is 14.3 Å². The molecule has 4 rings (SSSR count). The summed E-state index contributed by atoms with van der Waals surface area (Å²) in [5.41, 5.74) is -1.87. The number of nitrogens with zero attached hydrogens (tertiary/aromatic N) is 4. The van der Waals surface area contributed by atoms with Crippen molar-refractivity contribution in [3.05, 3.63) is 51.9 Å². The van der Waals surface area contributed by atoms with E-state index in [1.165, 1.54) is 18.2 Å². The molecule has 234 valence electrons. The molecule has 19 heteroatoms. The summed E-state index contributed by atoms with van der Waals surface area (Å²) in [5, 5.41) is 17.9. The summed E-state index contributed by atoms with van der Waals surface area (Å²) in [6, 6.07) is 2.57. The van der Waals surface area contributed by atoms with Crippen LogP contribution in [0.15, 0.2) is 30.5 Å². The van der Waals surface area contributed by atoms with Crippen LogP contribution in [-0.4, -0.2) is 80.5 Å². The number of amides is 2. The van der Waals surface area contributed by atoms with E-state index in [2.05, 4.69) is 20.7 Å². The minimum atomic E-state index is -4.97. The molecule has 0 bridgehead atoms. The zero-order valence-electron chi connectivity index (χ0n) is 21.4. The Labute approximate surface area is 246 Å². The van der Waals surface area contributed by atoms with Crippen molar-refractivity contribution >= 4 is 51.6 Å². The number of fused-ring (bicyclic) bond motifs is 1. The highest BCUT2D eigenvalue weighted by Gasteiger charge is 2.39. The van der Waals surface area contributed by atoms with Gasteiger partial charge in [-0.2, -0.15) is 40.2 Å². The molecule has 1 aliphatic rings. The molecule has 9 nitrogen and oxygen atoms in total. The third kappa shape index (κ3) is 7.75. The van der Waals surface area contributed by atoms with Crippen LogP contribution >= 0.6 is 23.2 Å². The van der Waals surface area contributed by atoms with Gasteiger partial charge in [-0.15, -0.1) is 0 Å². The molecule has 3 atom stereocenters. The molecule has 0 aliphatic carbocycles. The van der Waals surface area contributed by atoms with Crippen molar-refractivity contribution in [2.75, 3.05) is 18.4 Å². The van der Waals surface area contributed by atoms with Crippen LogP contribution in [0.3, 0.4) is 0 Å². The summed E-state index contributed by atoms with van der Waals surface area (Å²) in [7, 11) is 0. The number of aliphatic hydroxyl groups is 1. The molecule has 3 heterocycles. The third-order valence-corrected chi connectivity index (χ3v) is 6.92. The van der Waals surface area contributed by atoms with Crippen molar-refractivity contribution in [1.82, 2.24) is 25.0 Å². The van der Waals surface area contributed by atoms with Crippen molar-refractivity contribution in [3.63, 3.8) is 0 Å². The normalized spacial score (nSPS) is 18.7. The topological polar surface area (TPSA) is 112 Å². The molecule has 1 fully saturated rings. The SMILES string of the molecule is O=C(N[C@H]1C[C@@H](Nc2cc(C(F)(F)F)nc3ccc(Cl)cc23)CN(C(=O)C(F)F)C1)c1cn(C[C@@H](O)C(F)(F)F)nc1Cl. The lowest BCUT2D eigenvalue weighted by Crippen LogP contribution is -2.57. The Morgan fingerprint density at radius 1 is 1.07 bits per heavy atom. The summed E-state index contributed by atoms with van der Waals surface area (Å²) < 4.78 is 106. The molecule has 2 aromatic heterocycles. The average molecular weight is 663 g/mol. The maximum atomic E-state index is 13.6. The molecular weight excluding hydrogens is 643 g/mol. The van der Waals surface area contributed by atoms with E-state index in [0.29, 0.717) is 15.6 Å². The van der Waals surface area contributed by atoms with Gasteiger partial charge in [-0.25, -0.2) is 4.98 Å². The van der Waals surface area contributed by atoms with Crippen LogP contribution in [0.5, 0.6) is 0 Å². The molecule has 3 N–H and O–H groups in total. The first kappa shape index (κ1) is 32.5. The van der Waals surface area contributed by atoms with Gasteiger partial charge >= 0.3 is 18.8 Å². The molecule has 0 radical (unpaired) electrons. The summed E-state index contributed by atoms with van der Waals surface area (Å²) in [6.07, 6.45) is -15.3. The van der Waals surface area contributed by atoms with Gasteiger partial charge in [0, 0.05) is 47.5 Å². The fraction of sp³-hybridized carbons (Fsp3) is 0.417. The Hall–Kier alpha value is -3.44. The van der Waals surface area contributed by atoms with Crippen molar-refractivity contribution in [2.24, 2.45) is 0 Å². The number of rotatable bonds is 7. The molecule has 0 unspecified atom stereocenters. The minimum absolute atomic E-state index is 0.0785. The second kappa shape index (κ2) is 12.3. The van der Waals surface area contributed by atoms with Gasteiger partial charge in [0.05, 0.1) is 17.6 Å². The highest BCUT2D eigenvalue weighted by molar-refractivity contribution is 6.32. The Kier molecular flexibility index (Phi) is 9.27. The number of carbonyl (C=O) groups excluding carboxylic acids is 2. The van der Waals surface area contributed by atoms with E-state index in [1.807, 2.05) is 0 Å². The largest absolute Gasteiger partial charge is 0.433 e. The average Bonchev–Trinajstić information content (AvgIpc) is 3.26. The number of hydrogen-bond acceptors (Lipinski definition) is 6. The van der Waals surface area contributed by atoms with Gasteiger partial charge in [0.2, 0.25) is 0 Å².